The summed E-state index contributed by atoms with van der Waals surface area (Å²) in [5.41, 5.74) is 1.06. The van der Waals surface area contributed by atoms with E-state index in [0.29, 0.717) is 13.2 Å². The van der Waals surface area contributed by atoms with Gasteiger partial charge in [0.05, 0.1) is 20.3 Å². The average molecular weight is 341 g/mol. The lowest BCUT2D eigenvalue weighted by atomic mass is 10.2. The van der Waals surface area contributed by atoms with E-state index in [-0.39, 0.29) is 0 Å². The molecular weight excluding hydrogens is 314 g/mol. The third kappa shape index (κ3) is 6.75. The van der Waals surface area contributed by atoms with E-state index in [1.807, 2.05) is 54.6 Å². The predicted octanol–water partition coefficient (Wildman–Crippen LogP) is 3.22. The summed E-state index contributed by atoms with van der Waals surface area (Å²) in [5.74, 6) is 2.56. The topological polar surface area (TPSA) is 54.9 Å². The first-order valence-corrected chi connectivity index (χ1v) is 8.65. The minimum absolute atomic E-state index is 0.569. The summed E-state index contributed by atoms with van der Waals surface area (Å²) in [5, 5.41) is 6.59. The van der Waals surface area contributed by atoms with Crippen molar-refractivity contribution < 1.29 is 9.47 Å². The lowest BCUT2D eigenvalue weighted by molar-refractivity contribution is 0.311. The largest absolute Gasteiger partial charge is 0.496 e. The molecule has 2 aromatic carbocycles. The SMILES string of the molecule is CCNC(=NCc1ccccc1OC)NCCCOc1ccccc1. The van der Waals surface area contributed by atoms with Gasteiger partial charge in [0.15, 0.2) is 5.96 Å². The number of methoxy groups -OCH3 is 1. The van der Waals surface area contributed by atoms with E-state index in [0.717, 1.165) is 42.5 Å². The van der Waals surface area contributed by atoms with Gasteiger partial charge >= 0.3 is 0 Å². The van der Waals surface area contributed by atoms with Crippen molar-refractivity contribution in [2.45, 2.75) is 19.9 Å². The minimum Gasteiger partial charge on any atom is -0.496 e. The predicted molar refractivity (Wildman–Crippen MR) is 102 cm³/mol. The maximum absolute atomic E-state index is 5.69. The summed E-state index contributed by atoms with van der Waals surface area (Å²) in [6, 6.07) is 17.8. The van der Waals surface area contributed by atoms with Crippen molar-refractivity contribution in [2.24, 2.45) is 4.99 Å². The Morgan fingerprint density at radius 1 is 1.00 bits per heavy atom. The molecule has 0 aliphatic rings. The molecule has 0 spiro atoms. The molecule has 0 amide bonds. The quantitative estimate of drug-likeness (QED) is 0.418. The Balaban J connectivity index is 1.77. The van der Waals surface area contributed by atoms with Gasteiger partial charge in [-0.05, 0) is 31.5 Å². The van der Waals surface area contributed by atoms with Crippen LogP contribution < -0.4 is 20.1 Å². The molecule has 0 heterocycles. The molecule has 2 aromatic rings. The van der Waals surface area contributed by atoms with Crippen LogP contribution in [0.2, 0.25) is 0 Å². The van der Waals surface area contributed by atoms with Crippen molar-refractivity contribution in [2.75, 3.05) is 26.8 Å². The maximum atomic E-state index is 5.69. The van der Waals surface area contributed by atoms with Crippen molar-refractivity contribution in [3.05, 3.63) is 60.2 Å². The molecule has 0 fully saturated rings. The minimum atomic E-state index is 0.569. The van der Waals surface area contributed by atoms with Gasteiger partial charge in [-0.1, -0.05) is 36.4 Å². The highest BCUT2D eigenvalue weighted by molar-refractivity contribution is 5.79. The number of nitrogens with one attached hydrogen (secondary N) is 2. The second-order valence-corrected chi connectivity index (χ2v) is 5.45. The zero-order valence-corrected chi connectivity index (χ0v) is 15.0. The van der Waals surface area contributed by atoms with Crippen molar-refractivity contribution in [1.82, 2.24) is 10.6 Å². The van der Waals surface area contributed by atoms with Crippen LogP contribution in [0.15, 0.2) is 59.6 Å². The normalized spacial score (nSPS) is 11.0. The Kier molecular flexibility index (Phi) is 8.18. The Morgan fingerprint density at radius 3 is 2.52 bits per heavy atom. The van der Waals surface area contributed by atoms with Crippen LogP contribution in [-0.2, 0) is 6.54 Å². The molecule has 0 unspecified atom stereocenters. The standard InChI is InChI=1S/C20H27N3O2/c1-3-21-20(23-16-17-10-7-8-13-19(17)24-2)22-14-9-15-25-18-11-5-4-6-12-18/h4-8,10-13H,3,9,14-16H2,1-2H3,(H2,21,22,23). The number of hydrogen-bond acceptors (Lipinski definition) is 3. The van der Waals surface area contributed by atoms with Crippen molar-refractivity contribution in [1.29, 1.82) is 0 Å². The molecule has 134 valence electrons. The van der Waals surface area contributed by atoms with Gasteiger partial charge in [-0.2, -0.15) is 0 Å². The Labute approximate surface area is 150 Å². The number of rotatable bonds is 9. The second-order valence-electron chi connectivity index (χ2n) is 5.45. The van der Waals surface area contributed by atoms with Gasteiger partial charge in [-0.3, -0.25) is 0 Å². The van der Waals surface area contributed by atoms with Gasteiger partial charge in [0, 0.05) is 18.7 Å². The Morgan fingerprint density at radius 2 is 1.76 bits per heavy atom. The fraction of sp³-hybridized carbons (Fsp3) is 0.350. The van der Waals surface area contributed by atoms with Gasteiger partial charge in [-0.15, -0.1) is 0 Å². The smallest absolute Gasteiger partial charge is 0.191 e. The molecule has 5 nitrogen and oxygen atoms in total. The molecule has 0 saturated carbocycles. The van der Waals surface area contributed by atoms with Crippen LogP contribution in [0, 0.1) is 0 Å². The van der Waals surface area contributed by atoms with Crippen LogP contribution in [0.3, 0.4) is 0 Å². The third-order valence-corrected chi connectivity index (χ3v) is 3.57. The summed E-state index contributed by atoms with van der Waals surface area (Å²) in [4.78, 5) is 4.62. The summed E-state index contributed by atoms with van der Waals surface area (Å²) in [6.45, 7) is 4.91. The number of ether oxygens (including phenoxy) is 2. The lowest BCUT2D eigenvalue weighted by Gasteiger charge is -2.12. The van der Waals surface area contributed by atoms with E-state index in [4.69, 9.17) is 9.47 Å². The molecule has 2 rings (SSSR count). The molecule has 2 N–H and O–H groups in total. The van der Waals surface area contributed by atoms with E-state index in [9.17, 15) is 0 Å². The summed E-state index contributed by atoms with van der Waals surface area (Å²) in [7, 11) is 1.68. The van der Waals surface area contributed by atoms with E-state index < -0.39 is 0 Å². The van der Waals surface area contributed by atoms with Crippen molar-refractivity contribution >= 4 is 5.96 Å². The fourth-order valence-electron chi connectivity index (χ4n) is 2.33. The van der Waals surface area contributed by atoms with Crippen molar-refractivity contribution in [3.63, 3.8) is 0 Å². The number of benzene rings is 2. The second kappa shape index (κ2) is 11.0. The van der Waals surface area contributed by atoms with Crippen LogP contribution >= 0.6 is 0 Å². The van der Waals surface area contributed by atoms with Gasteiger partial charge in [0.1, 0.15) is 11.5 Å². The lowest BCUT2D eigenvalue weighted by Crippen LogP contribution is -2.38. The first-order chi connectivity index (χ1) is 12.3. The summed E-state index contributed by atoms with van der Waals surface area (Å²) in [6.07, 6.45) is 0.897. The Hall–Kier alpha value is -2.69. The van der Waals surface area contributed by atoms with Crippen LogP contribution in [0.25, 0.3) is 0 Å². The Bertz CT molecular complexity index is 644. The van der Waals surface area contributed by atoms with Gasteiger partial charge in [-0.25, -0.2) is 4.99 Å². The van der Waals surface area contributed by atoms with Crippen LogP contribution in [-0.4, -0.2) is 32.8 Å². The maximum Gasteiger partial charge on any atom is 0.191 e. The molecule has 0 bridgehead atoms. The number of hydrogen-bond donors (Lipinski definition) is 2. The van der Waals surface area contributed by atoms with Gasteiger partial charge in [0.25, 0.3) is 0 Å². The molecule has 25 heavy (non-hydrogen) atoms. The van der Waals surface area contributed by atoms with Crippen molar-refractivity contribution in [3.8, 4) is 11.5 Å². The number of nitrogens with zero attached hydrogens (tertiary/aromatic N) is 1. The van der Waals surface area contributed by atoms with E-state index in [1.54, 1.807) is 7.11 Å². The van der Waals surface area contributed by atoms with Crippen LogP contribution in [0.1, 0.15) is 18.9 Å². The molecule has 0 aliphatic heterocycles. The highest BCUT2D eigenvalue weighted by Gasteiger charge is 2.02. The first-order valence-electron chi connectivity index (χ1n) is 8.65. The fourth-order valence-corrected chi connectivity index (χ4v) is 2.33. The molecule has 0 atom stereocenters. The molecule has 0 aromatic heterocycles. The van der Waals surface area contributed by atoms with Gasteiger partial charge in [0.2, 0.25) is 0 Å². The first kappa shape index (κ1) is 18.6. The third-order valence-electron chi connectivity index (χ3n) is 3.57. The zero-order chi connectivity index (χ0) is 17.7. The van der Waals surface area contributed by atoms with E-state index >= 15 is 0 Å². The van der Waals surface area contributed by atoms with Crippen LogP contribution in [0.5, 0.6) is 11.5 Å². The molecular formula is C20H27N3O2. The zero-order valence-electron chi connectivity index (χ0n) is 15.0. The summed E-state index contributed by atoms with van der Waals surface area (Å²) < 4.78 is 11.1. The van der Waals surface area contributed by atoms with E-state index in [2.05, 4.69) is 22.5 Å². The average Bonchev–Trinajstić information content (AvgIpc) is 2.66. The molecule has 0 aliphatic carbocycles. The molecule has 0 radical (unpaired) electrons. The van der Waals surface area contributed by atoms with Gasteiger partial charge < -0.3 is 20.1 Å². The number of aliphatic imine (C=N–C) groups is 1. The molecule has 5 heteroatoms. The number of para-hydroxylation sites is 2. The van der Waals surface area contributed by atoms with E-state index in [1.165, 1.54) is 0 Å². The monoisotopic (exact) mass is 341 g/mol. The van der Waals surface area contributed by atoms with Crippen LogP contribution in [0.4, 0.5) is 0 Å². The summed E-state index contributed by atoms with van der Waals surface area (Å²) >= 11 is 0. The highest BCUT2D eigenvalue weighted by Crippen LogP contribution is 2.17. The molecule has 0 saturated heterocycles. The number of guanidine groups is 1. The highest BCUT2D eigenvalue weighted by atomic mass is 16.5.